The number of hydrogen-bond donors (Lipinski definition) is 0. The standard InChI is InChI=1S/C33H43N3.CH3.Mn/c1-20(2)26-14-11-15-27(21(3)4)32(26)34-24(9)30-18-13-19-31(36-30)25(10)35-33-28(22(5)6)16-12-17-29(33)23(7)8;;/h11-23H,1-10H3;1H3;/q;-1;. The first-order chi connectivity index (χ1) is 17.0. The molecule has 0 aliphatic heterocycles. The van der Waals surface area contributed by atoms with Gasteiger partial charge in [0, 0.05) is 17.1 Å². The number of nitrogens with zero attached hydrogens (tertiary/aromatic N) is 3. The minimum atomic E-state index is 0. The van der Waals surface area contributed by atoms with Gasteiger partial charge in [0.2, 0.25) is 0 Å². The van der Waals surface area contributed by atoms with E-state index in [1.54, 1.807) is 0 Å². The topological polar surface area (TPSA) is 37.6 Å². The molecule has 4 heteroatoms. The number of rotatable bonds is 8. The van der Waals surface area contributed by atoms with E-state index in [9.17, 15) is 0 Å². The summed E-state index contributed by atoms with van der Waals surface area (Å²) < 4.78 is 0. The Morgan fingerprint density at radius 1 is 0.526 bits per heavy atom. The van der Waals surface area contributed by atoms with Crippen LogP contribution >= 0.6 is 0 Å². The Hall–Kier alpha value is -2.55. The molecule has 0 saturated carbocycles. The van der Waals surface area contributed by atoms with E-state index >= 15 is 0 Å². The first kappa shape index (κ1) is 33.5. The summed E-state index contributed by atoms with van der Waals surface area (Å²) in [5.74, 6) is 1.61. The van der Waals surface area contributed by atoms with Crippen LogP contribution in [0.4, 0.5) is 11.4 Å². The second kappa shape index (κ2) is 14.6. The Bertz CT molecular complexity index is 1120. The van der Waals surface area contributed by atoms with Crippen molar-refractivity contribution >= 4 is 22.8 Å². The van der Waals surface area contributed by atoms with Crippen molar-refractivity contribution in [1.29, 1.82) is 0 Å². The van der Waals surface area contributed by atoms with Crippen LogP contribution in [0, 0.1) is 7.43 Å². The third kappa shape index (κ3) is 7.74. The first-order valence-electron chi connectivity index (χ1n) is 13.3. The van der Waals surface area contributed by atoms with Crippen LogP contribution in [0.15, 0.2) is 64.6 Å². The molecule has 1 aromatic heterocycles. The Morgan fingerprint density at radius 2 is 0.789 bits per heavy atom. The summed E-state index contributed by atoms with van der Waals surface area (Å²) in [4.78, 5) is 15.3. The molecule has 0 amide bonds. The summed E-state index contributed by atoms with van der Waals surface area (Å²) in [5.41, 5.74) is 10.9. The van der Waals surface area contributed by atoms with E-state index in [4.69, 9.17) is 15.0 Å². The molecule has 0 fully saturated rings. The van der Waals surface area contributed by atoms with Crippen molar-refractivity contribution in [2.75, 3.05) is 0 Å². The Labute approximate surface area is 242 Å². The van der Waals surface area contributed by atoms with E-state index < -0.39 is 0 Å². The van der Waals surface area contributed by atoms with Crippen LogP contribution in [0.25, 0.3) is 0 Å². The summed E-state index contributed by atoms with van der Waals surface area (Å²) in [6, 6.07) is 19.2. The molecule has 0 N–H and O–H groups in total. The molecule has 0 aliphatic rings. The van der Waals surface area contributed by atoms with Gasteiger partial charge in [-0.05, 0) is 71.9 Å². The van der Waals surface area contributed by atoms with Crippen molar-refractivity contribution in [2.45, 2.75) is 92.9 Å². The fourth-order valence-corrected chi connectivity index (χ4v) is 4.57. The summed E-state index contributed by atoms with van der Waals surface area (Å²) in [6.45, 7) is 22.0. The van der Waals surface area contributed by atoms with Gasteiger partial charge in [-0.3, -0.25) is 9.98 Å². The number of hydrogen-bond acceptors (Lipinski definition) is 3. The van der Waals surface area contributed by atoms with Crippen LogP contribution in [0.5, 0.6) is 0 Å². The average molecular weight is 552 g/mol. The molecule has 3 aromatic rings. The normalized spacial score (nSPS) is 12.3. The molecule has 0 saturated heterocycles. The van der Waals surface area contributed by atoms with Gasteiger partial charge in [-0.15, -0.1) is 0 Å². The molecule has 0 aliphatic carbocycles. The van der Waals surface area contributed by atoms with Gasteiger partial charge in [0.05, 0.1) is 34.2 Å². The minimum absolute atomic E-state index is 0. The molecule has 2 aromatic carbocycles. The minimum Gasteiger partial charge on any atom is -0.358 e. The van der Waals surface area contributed by atoms with Crippen LogP contribution in [0.1, 0.15) is 127 Å². The van der Waals surface area contributed by atoms with Crippen LogP contribution in [0.3, 0.4) is 0 Å². The maximum absolute atomic E-state index is 5.15. The number of aliphatic imine (C=N–C) groups is 2. The second-order valence-electron chi connectivity index (χ2n) is 11.0. The molecule has 3 rings (SSSR count). The fourth-order valence-electron chi connectivity index (χ4n) is 4.57. The van der Waals surface area contributed by atoms with Gasteiger partial charge in [-0.25, -0.2) is 4.98 Å². The largest absolute Gasteiger partial charge is 0.358 e. The summed E-state index contributed by atoms with van der Waals surface area (Å²) in [7, 11) is 0. The molecule has 3 nitrogen and oxygen atoms in total. The van der Waals surface area contributed by atoms with Crippen molar-refractivity contribution in [2.24, 2.45) is 9.98 Å². The predicted molar refractivity (Wildman–Crippen MR) is 164 cm³/mol. The Balaban J connectivity index is 0.00000361. The van der Waals surface area contributed by atoms with Gasteiger partial charge in [0.1, 0.15) is 0 Å². The SMILES string of the molecule is CC(=Nc1c(C(C)C)cccc1C(C)C)c1cccc(C(C)=Nc2c(C(C)C)cccc2C(C)C)n1.[CH3-].[Mn]. The van der Waals surface area contributed by atoms with Gasteiger partial charge in [0.25, 0.3) is 0 Å². The third-order valence-electron chi connectivity index (χ3n) is 6.73. The Morgan fingerprint density at radius 3 is 1.05 bits per heavy atom. The van der Waals surface area contributed by atoms with E-state index in [0.29, 0.717) is 23.7 Å². The maximum atomic E-state index is 5.15. The van der Waals surface area contributed by atoms with Crippen molar-refractivity contribution in [3.63, 3.8) is 0 Å². The molecule has 1 heterocycles. The van der Waals surface area contributed by atoms with E-state index in [0.717, 1.165) is 34.2 Å². The summed E-state index contributed by atoms with van der Waals surface area (Å²) in [5, 5.41) is 0. The monoisotopic (exact) mass is 551 g/mol. The number of aromatic nitrogens is 1. The first-order valence-corrected chi connectivity index (χ1v) is 13.3. The molecule has 205 valence electrons. The summed E-state index contributed by atoms with van der Waals surface area (Å²) >= 11 is 0. The zero-order valence-electron chi connectivity index (χ0n) is 25.2. The molecule has 0 spiro atoms. The van der Waals surface area contributed by atoms with E-state index in [2.05, 4.69) is 112 Å². The van der Waals surface area contributed by atoms with Crippen molar-refractivity contribution in [3.05, 3.63) is 95.7 Å². The molecule has 0 unspecified atom stereocenters. The molecule has 38 heavy (non-hydrogen) atoms. The number of benzene rings is 2. The average Bonchev–Trinajstić information content (AvgIpc) is 2.83. The third-order valence-corrected chi connectivity index (χ3v) is 6.73. The molecule has 0 atom stereocenters. The smallest absolute Gasteiger partial charge is 0.0849 e. The van der Waals surface area contributed by atoms with Gasteiger partial charge in [-0.2, -0.15) is 0 Å². The predicted octanol–water partition coefficient (Wildman–Crippen LogP) is 10.3. The van der Waals surface area contributed by atoms with Gasteiger partial charge in [0.15, 0.2) is 0 Å². The number of para-hydroxylation sites is 2. The zero-order valence-corrected chi connectivity index (χ0v) is 26.4. The van der Waals surface area contributed by atoms with Gasteiger partial charge in [-0.1, -0.05) is 97.9 Å². The van der Waals surface area contributed by atoms with Crippen molar-refractivity contribution in [3.8, 4) is 0 Å². The molecule has 1 radical (unpaired) electrons. The van der Waals surface area contributed by atoms with E-state index in [1.807, 2.05) is 12.1 Å². The van der Waals surface area contributed by atoms with Gasteiger partial charge >= 0.3 is 0 Å². The quantitative estimate of drug-likeness (QED) is 0.156. The Kier molecular flexibility index (Phi) is 12.8. The fraction of sp³-hybridized carbons (Fsp3) is 0.412. The second-order valence-corrected chi connectivity index (χ2v) is 11.0. The molecule has 0 bridgehead atoms. The molecular formula is C34H46MnN3-. The van der Waals surface area contributed by atoms with Crippen LogP contribution in [-0.4, -0.2) is 16.4 Å². The van der Waals surface area contributed by atoms with Crippen LogP contribution in [-0.2, 0) is 17.1 Å². The van der Waals surface area contributed by atoms with E-state index in [1.165, 1.54) is 22.3 Å². The van der Waals surface area contributed by atoms with Crippen molar-refractivity contribution in [1.82, 2.24) is 4.98 Å². The van der Waals surface area contributed by atoms with Crippen LogP contribution < -0.4 is 0 Å². The van der Waals surface area contributed by atoms with Crippen LogP contribution in [0.2, 0.25) is 0 Å². The van der Waals surface area contributed by atoms with E-state index in [-0.39, 0.29) is 24.5 Å². The zero-order chi connectivity index (χ0) is 26.6. The van der Waals surface area contributed by atoms with Crippen molar-refractivity contribution < 1.29 is 17.1 Å². The maximum Gasteiger partial charge on any atom is 0.0849 e. The summed E-state index contributed by atoms with van der Waals surface area (Å²) in [6.07, 6.45) is 0. The molecular weight excluding hydrogens is 505 g/mol. The van der Waals surface area contributed by atoms with Gasteiger partial charge < -0.3 is 7.43 Å². The number of pyridine rings is 1.